The van der Waals surface area contributed by atoms with Crippen molar-refractivity contribution in [3.63, 3.8) is 0 Å². The van der Waals surface area contributed by atoms with E-state index in [-0.39, 0.29) is 11.4 Å². The highest BCUT2D eigenvalue weighted by molar-refractivity contribution is 7.89. The summed E-state index contributed by atoms with van der Waals surface area (Å²) < 4.78 is 56.3. The van der Waals surface area contributed by atoms with Gasteiger partial charge in [-0.05, 0) is 30.3 Å². The maximum Gasteiger partial charge on any atom is 0.244 e. The molecule has 150 valence electrons. The number of nitrogens with zero attached hydrogens (tertiary/aromatic N) is 2. The van der Waals surface area contributed by atoms with Crippen LogP contribution in [0.4, 0.5) is 4.39 Å². The summed E-state index contributed by atoms with van der Waals surface area (Å²) in [5, 5.41) is 0. The third-order valence-corrected chi connectivity index (χ3v) is 7.17. The molecule has 2 aliphatic heterocycles. The molecule has 0 amide bonds. The predicted molar refractivity (Wildman–Crippen MR) is 104 cm³/mol. The Kier molecular flexibility index (Phi) is 4.33. The number of hydrogen-bond acceptors (Lipinski definition) is 4. The molecule has 1 aromatic heterocycles. The highest BCUT2D eigenvalue weighted by Crippen LogP contribution is 2.39. The van der Waals surface area contributed by atoms with Gasteiger partial charge in [0.1, 0.15) is 19.0 Å². The molecule has 0 bridgehead atoms. The number of halogens is 1. The maximum atomic E-state index is 14.7. The van der Waals surface area contributed by atoms with Crippen LogP contribution in [0.3, 0.4) is 0 Å². The number of fused-ring (bicyclic) bond motifs is 2. The number of hydrogen-bond donors (Lipinski definition) is 0. The Morgan fingerprint density at radius 2 is 1.72 bits per heavy atom. The minimum Gasteiger partial charge on any atom is -0.486 e. The van der Waals surface area contributed by atoms with Crippen molar-refractivity contribution in [1.29, 1.82) is 0 Å². The van der Waals surface area contributed by atoms with E-state index in [1.54, 1.807) is 24.3 Å². The summed E-state index contributed by atoms with van der Waals surface area (Å²) in [7, 11) is -3.91. The zero-order chi connectivity index (χ0) is 20.0. The topological polar surface area (TPSA) is 60.8 Å². The van der Waals surface area contributed by atoms with Crippen LogP contribution >= 0.6 is 0 Å². The number of sulfonamides is 1. The molecule has 0 fully saturated rings. The molecular formula is C21H19FN2O4S. The molecule has 0 spiro atoms. The zero-order valence-corrected chi connectivity index (χ0v) is 16.3. The second-order valence-corrected chi connectivity index (χ2v) is 8.86. The Hall–Kier alpha value is -2.84. The molecule has 5 rings (SSSR count). The van der Waals surface area contributed by atoms with Crippen LogP contribution in [-0.4, -0.2) is 37.0 Å². The molecule has 29 heavy (non-hydrogen) atoms. The van der Waals surface area contributed by atoms with Gasteiger partial charge in [0.15, 0.2) is 11.5 Å². The van der Waals surface area contributed by atoms with Gasteiger partial charge < -0.3 is 14.0 Å². The van der Waals surface area contributed by atoms with Crippen molar-refractivity contribution in [2.45, 2.75) is 17.5 Å². The Balaban J connectivity index is 1.63. The van der Waals surface area contributed by atoms with E-state index in [0.29, 0.717) is 36.8 Å². The van der Waals surface area contributed by atoms with Gasteiger partial charge in [0.05, 0.1) is 10.9 Å². The van der Waals surface area contributed by atoms with E-state index >= 15 is 0 Å². The Labute approximate surface area is 168 Å². The fourth-order valence-electron chi connectivity index (χ4n) is 3.95. The first-order valence-corrected chi connectivity index (χ1v) is 10.8. The highest BCUT2D eigenvalue weighted by Gasteiger charge is 2.39. The van der Waals surface area contributed by atoms with E-state index in [9.17, 15) is 12.8 Å². The fourth-order valence-corrected chi connectivity index (χ4v) is 5.54. The fraction of sp³-hybridized carbons (Fsp3) is 0.238. The summed E-state index contributed by atoms with van der Waals surface area (Å²) in [6.07, 6.45) is 1.89. The van der Waals surface area contributed by atoms with Gasteiger partial charge in [-0.2, -0.15) is 4.31 Å². The van der Waals surface area contributed by atoms with Gasteiger partial charge in [-0.25, -0.2) is 12.8 Å². The molecule has 3 heterocycles. The van der Waals surface area contributed by atoms with Crippen molar-refractivity contribution in [3.05, 3.63) is 77.9 Å². The van der Waals surface area contributed by atoms with Crippen molar-refractivity contribution in [3.8, 4) is 11.5 Å². The van der Waals surface area contributed by atoms with Crippen molar-refractivity contribution >= 4 is 10.0 Å². The summed E-state index contributed by atoms with van der Waals surface area (Å²) in [6.45, 7) is 1.53. The van der Waals surface area contributed by atoms with Crippen molar-refractivity contribution in [1.82, 2.24) is 8.87 Å². The van der Waals surface area contributed by atoms with Gasteiger partial charge in [0.2, 0.25) is 10.0 Å². The average molecular weight is 414 g/mol. The number of aromatic nitrogens is 1. The molecule has 2 aliphatic rings. The van der Waals surface area contributed by atoms with Gasteiger partial charge in [0.25, 0.3) is 0 Å². The summed E-state index contributed by atoms with van der Waals surface area (Å²) in [5.74, 6) is 0.489. The normalized spacial score (nSPS) is 19.0. The lowest BCUT2D eigenvalue weighted by Gasteiger charge is -2.36. The predicted octanol–water partition coefficient (Wildman–Crippen LogP) is 3.19. The molecular weight excluding hydrogens is 395 g/mol. The molecule has 1 atom stereocenters. The summed E-state index contributed by atoms with van der Waals surface area (Å²) >= 11 is 0. The summed E-state index contributed by atoms with van der Waals surface area (Å²) in [5.41, 5.74) is 1.07. The maximum absolute atomic E-state index is 14.7. The highest BCUT2D eigenvalue weighted by atomic mass is 32.2. The van der Waals surface area contributed by atoms with Crippen LogP contribution in [-0.2, 0) is 16.6 Å². The van der Waals surface area contributed by atoms with Crippen LogP contribution < -0.4 is 9.47 Å². The van der Waals surface area contributed by atoms with E-state index in [2.05, 4.69) is 0 Å². The first-order chi connectivity index (χ1) is 14.1. The molecule has 2 aromatic carbocycles. The largest absolute Gasteiger partial charge is 0.486 e. The molecule has 0 aliphatic carbocycles. The lowest BCUT2D eigenvalue weighted by molar-refractivity contribution is 0.171. The van der Waals surface area contributed by atoms with Crippen LogP contribution in [0, 0.1) is 5.82 Å². The van der Waals surface area contributed by atoms with Crippen LogP contribution in [0.1, 0.15) is 17.3 Å². The van der Waals surface area contributed by atoms with Crippen molar-refractivity contribution < 1.29 is 22.3 Å². The first-order valence-electron chi connectivity index (χ1n) is 9.37. The lowest BCUT2D eigenvalue weighted by atomic mass is 10.0. The Morgan fingerprint density at radius 3 is 2.55 bits per heavy atom. The van der Waals surface area contributed by atoms with E-state index in [1.165, 1.54) is 22.5 Å². The first kappa shape index (κ1) is 18.2. The molecule has 0 saturated carbocycles. The minimum absolute atomic E-state index is 0.100. The third kappa shape index (κ3) is 2.99. The van der Waals surface area contributed by atoms with E-state index < -0.39 is 21.9 Å². The van der Waals surface area contributed by atoms with Crippen LogP contribution in [0.2, 0.25) is 0 Å². The molecule has 0 radical (unpaired) electrons. The Bertz CT molecular complexity index is 1170. The lowest BCUT2D eigenvalue weighted by Crippen LogP contribution is -2.42. The SMILES string of the molecule is O=S(=O)(c1ccc2c(c1)OCCO2)N1CCn2cccc2C1c1ccccc1F. The van der Waals surface area contributed by atoms with E-state index in [4.69, 9.17) is 9.47 Å². The smallest absolute Gasteiger partial charge is 0.244 e. The molecule has 3 aromatic rings. The second-order valence-electron chi connectivity index (χ2n) is 6.97. The summed E-state index contributed by atoms with van der Waals surface area (Å²) in [4.78, 5) is 0.100. The third-order valence-electron chi connectivity index (χ3n) is 5.31. The summed E-state index contributed by atoms with van der Waals surface area (Å²) in [6, 6.07) is 13.8. The van der Waals surface area contributed by atoms with Crippen LogP contribution in [0.25, 0.3) is 0 Å². The number of benzene rings is 2. The van der Waals surface area contributed by atoms with E-state index in [1.807, 2.05) is 22.9 Å². The quantitative estimate of drug-likeness (QED) is 0.661. The molecule has 0 saturated heterocycles. The number of ether oxygens (including phenoxy) is 2. The molecule has 0 N–H and O–H groups in total. The average Bonchev–Trinajstić information content (AvgIpc) is 3.22. The number of rotatable bonds is 3. The van der Waals surface area contributed by atoms with Gasteiger partial charge >= 0.3 is 0 Å². The zero-order valence-electron chi connectivity index (χ0n) is 15.5. The monoisotopic (exact) mass is 414 g/mol. The van der Waals surface area contributed by atoms with Gasteiger partial charge in [-0.3, -0.25) is 0 Å². The van der Waals surface area contributed by atoms with Crippen molar-refractivity contribution in [2.75, 3.05) is 19.8 Å². The second kappa shape index (κ2) is 6.89. The molecule has 1 unspecified atom stereocenters. The van der Waals surface area contributed by atoms with Crippen LogP contribution in [0.5, 0.6) is 11.5 Å². The van der Waals surface area contributed by atoms with E-state index in [0.717, 1.165) is 5.69 Å². The van der Waals surface area contributed by atoms with Gasteiger partial charge in [0, 0.05) is 36.6 Å². The standard InChI is InChI=1S/C21H19FN2O4S/c22-17-5-2-1-4-16(17)21-18-6-3-9-23(18)10-11-24(21)29(25,26)15-7-8-19-20(14-15)28-13-12-27-19/h1-9,14,21H,10-13H2. The van der Waals surface area contributed by atoms with Crippen LogP contribution in [0.15, 0.2) is 65.7 Å². The van der Waals surface area contributed by atoms with Gasteiger partial charge in [-0.15, -0.1) is 0 Å². The van der Waals surface area contributed by atoms with Gasteiger partial charge in [-0.1, -0.05) is 18.2 Å². The molecule has 8 heteroatoms. The minimum atomic E-state index is -3.91. The van der Waals surface area contributed by atoms with Crippen molar-refractivity contribution in [2.24, 2.45) is 0 Å². The molecule has 6 nitrogen and oxygen atoms in total. The Morgan fingerprint density at radius 1 is 0.931 bits per heavy atom.